The van der Waals surface area contributed by atoms with E-state index in [1.54, 1.807) is 0 Å². The maximum absolute atomic E-state index is 10.4. The predicted octanol–water partition coefficient (Wildman–Crippen LogP) is 6.51. The second-order valence-electron chi connectivity index (χ2n) is 5.58. The van der Waals surface area contributed by atoms with E-state index in [1.165, 1.54) is 0 Å². The highest BCUT2D eigenvalue weighted by Gasteiger charge is 2.00. The highest BCUT2D eigenvalue weighted by atomic mass is 16.4. The van der Waals surface area contributed by atoms with Crippen molar-refractivity contribution in [1.82, 2.24) is 0 Å². The number of unbranched alkanes of at least 4 members (excludes halogenated alkanes) is 1. The Bertz CT molecular complexity index is 592. The molecule has 0 amide bonds. The molecule has 0 rings (SSSR count). The number of carboxylic acids is 1. The van der Waals surface area contributed by atoms with Gasteiger partial charge in [0.25, 0.3) is 0 Å². The number of aliphatic carboxylic acids is 1. The topological polar surface area (TPSA) is 86.1 Å². The van der Waals surface area contributed by atoms with Gasteiger partial charge in [-0.3, -0.25) is 4.79 Å². The minimum Gasteiger partial charge on any atom is -0.481 e. The van der Waals surface area contributed by atoms with E-state index in [4.69, 9.17) is 13.4 Å². The molecular formula is C20H31N3O2. The van der Waals surface area contributed by atoms with Crippen LogP contribution in [0, 0.1) is 0 Å². The second kappa shape index (κ2) is 18.1. The fraction of sp³-hybridized carbons (Fsp3) is 0.550. The summed E-state index contributed by atoms with van der Waals surface area (Å²) in [6, 6.07) is 0.250. The number of allylic oxidation sites excluding steroid dienone is 7. The molecule has 0 aromatic rings. The molecule has 138 valence electrons. The molecule has 0 fully saturated rings. The first-order valence-electron chi connectivity index (χ1n) is 9.87. The van der Waals surface area contributed by atoms with Gasteiger partial charge >= 0.3 is 5.97 Å². The van der Waals surface area contributed by atoms with Crippen LogP contribution in [0.5, 0.6) is 0 Å². The summed E-state index contributed by atoms with van der Waals surface area (Å²) >= 11 is 0. The van der Waals surface area contributed by atoms with Crippen molar-refractivity contribution in [2.45, 2.75) is 70.8 Å². The molecule has 0 unspecified atom stereocenters. The first-order valence-corrected chi connectivity index (χ1v) is 8.87. The minimum absolute atomic E-state index is 0.211. The molecule has 0 heterocycles. The average Bonchev–Trinajstić information content (AvgIpc) is 2.62. The van der Waals surface area contributed by atoms with E-state index >= 15 is 0 Å². The van der Waals surface area contributed by atoms with E-state index in [1.807, 2.05) is 43.4 Å². The van der Waals surface area contributed by atoms with E-state index < -0.39 is 5.97 Å². The van der Waals surface area contributed by atoms with Gasteiger partial charge in [0.2, 0.25) is 0 Å². The van der Waals surface area contributed by atoms with Crippen LogP contribution in [-0.2, 0) is 4.79 Å². The van der Waals surface area contributed by atoms with Crippen molar-refractivity contribution in [3.63, 3.8) is 0 Å². The average molecular weight is 350 g/mol. The quantitative estimate of drug-likeness (QED) is 0.120. The molecule has 1 atom stereocenters. The van der Waals surface area contributed by atoms with E-state index in [2.05, 4.69) is 10.0 Å². The third-order valence-electron chi connectivity index (χ3n) is 3.33. The number of rotatable bonds is 15. The Hall–Kier alpha value is -2.26. The lowest BCUT2D eigenvalue weighted by Crippen LogP contribution is -2.00. The Morgan fingerprint density at radius 3 is 2.40 bits per heavy atom. The summed E-state index contributed by atoms with van der Waals surface area (Å²) in [7, 11) is 0. The molecule has 5 nitrogen and oxygen atoms in total. The van der Waals surface area contributed by atoms with Gasteiger partial charge < -0.3 is 5.11 Å². The normalized spacial score (nSPS) is 15.1. The van der Waals surface area contributed by atoms with Crippen molar-refractivity contribution < 1.29 is 12.6 Å². The third kappa shape index (κ3) is 17.9. The minimum atomic E-state index is -0.755. The SMILES string of the molecule is [3H]C(C/C=C\C/C=C\C/C=C\CCCC(=O)O)=C([3H])C[C@H](CCC)N=[N+]=[N-]. The number of carbonyl (C=O) groups is 1. The van der Waals surface area contributed by atoms with Gasteiger partial charge in [0, 0.05) is 17.4 Å². The van der Waals surface area contributed by atoms with Crippen LogP contribution >= 0.6 is 0 Å². The zero-order valence-electron chi connectivity index (χ0n) is 17.1. The lowest BCUT2D eigenvalue weighted by molar-refractivity contribution is -0.137. The summed E-state index contributed by atoms with van der Waals surface area (Å²) in [5.41, 5.74) is 8.54. The lowest BCUT2D eigenvalue weighted by Gasteiger charge is -2.04. The third-order valence-corrected chi connectivity index (χ3v) is 3.33. The molecule has 0 spiro atoms. The summed E-state index contributed by atoms with van der Waals surface area (Å²) < 4.78 is 15.9. The maximum Gasteiger partial charge on any atom is 0.303 e. The highest BCUT2D eigenvalue weighted by molar-refractivity contribution is 5.66. The summed E-state index contributed by atoms with van der Waals surface area (Å²) in [6.45, 7) is 2.00. The molecule has 0 radical (unpaired) electrons. The zero-order valence-corrected chi connectivity index (χ0v) is 15.1. The van der Waals surface area contributed by atoms with Gasteiger partial charge in [-0.15, -0.1) is 0 Å². The Kier molecular flexibility index (Phi) is 13.8. The zero-order chi connectivity index (χ0) is 20.3. The molecule has 5 heteroatoms. The van der Waals surface area contributed by atoms with Crippen molar-refractivity contribution >= 4 is 5.97 Å². The van der Waals surface area contributed by atoms with Gasteiger partial charge in [0.15, 0.2) is 0 Å². The number of hydrogen-bond donors (Lipinski definition) is 1. The Morgan fingerprint density at radius 1 is 1.16 bits per heavy atom. The standard InChI is InChI=1S/C20H31N3O2/c1-2-16-19(22-23-21)17-14-12-10-8-6-4-3-5-7-9-11-13-15-18-20(24)25/h3,5-6,8-9,11-12,14,19H,2,4,7,10,13,15-18H2,1H3,(H,24,25)/b5-3-,8-6-,11-9-,14-12?/t19-/m0/s1/i12T,14T. The molecule has 1 N–H and O–H groups in total. The molecule has 0 aromatic heterocycles. The number of carboxylic acid groups (broad SMARTS) is 1. The van der Waals surface area contributed by atoms with Gasteiger partial charge in [-0.25, -0.2) is 0 Å². The Labute approximate surface area is 154 Å². The lowest BCUT2D eigenvalue weighted by atomic mass is 10.1. The van der Waals surface area contributed by atoms with Crippen LogP contribution in [-0.4, -0.2) is 17.1 Å². The summed E-state index contributed by atoms with van der Waals surface area (Å²) in [6.07, 6.45) is 17.5. The van der Waals surface area contributed by atoms with Gasteiger partial charge in [-0.1, -0.05) is 67.0 Å². The molecule has 0 bridgehead atoms. The van der Waals surface area contributed by atoms with Crippen LogP contribution in [0.15, 0.2) is 53.7 Å². The predicted molar refractivity (Wildman–Crippen MR) is 104 cm³/mol. The fourth-order valence-corrected chi connectivity index (χ4v) is 2.04. The monoisotopic (exact) mass is 349 g/mol. The van der Waals surface area contributed by atoms with Crippen molar-refractivity contribution in [3.05, 3.63) is 59.0 Å². The summed E-state index contributed by atoms with van der Waals surface area (Å²) in [5, 5.41) is 12.2. The maximum atomic E-state index is 10.4. The molecule has 0 saturated heterocycles. The van der Waals surface area contributed by atoms with Crippen molar-refractivity contribution in [2.75, 3.05) is 0 Å². The van der Waals surface area contributed by atoms with Gasteiger partial charge in [-0.05, 0) is 50.5 Å². The van der Waals surface area contributed by atoms with E-state index in [0.717, 1.165) is 32.1 Å². The summed E-state index contributed by atoms with van der Waals surface area (Å²) in [4.78, 5) is 13.2. The molecule has 0 aliphatic rings. The largest absolute Gasteiger partial charge is 0.481 e. The van der Waals surface area contributed by atoms with Crippen LogP contribution in [0.4, 0.5) is 0 Å². The van der Waals surface area contributed by atoms with E-state index in [0.29, 0.717) is 19.3 Å². The molecular weight excluding hydrogens is 314 g/mol. The van der Waals surface area contributed by atoms with Crippen molar-refractivity contribution in [2.24, 2.45) is 5.11 Å². The number of azide groups is 1. The van der Waals surface area contributed by atoms with Crippen molar-refractivity contribution in [3.8, 4) is 0 Å². The molecule has 0 aliphatic carbocycles. The number of hydrogen-bond acceptors (Lipinski definition) is 2. The Morgan fingerprint density at radius 2 is 1.80 bits per heavy atom. The molecule has 0 aliphatic heterocycles. The second-order valence-corrected chi connectivity index (χ2v) is 5.58. The van der Waals surface area contributed by atoms with Crippen LogP contribution < -0.4 is 0 Å². The van der Waals surface area contributed by atoms with Crippen LogP contribution in [0.2, 0.25) is 0 Å². The Balaban J connectivity index is 4.07. The first-order chi connectivity index (χ1) is 13.0. The highest BCUT2D eigenvalue weighted by Crippen LogP contribution is 2.08. The summed E-state index contributed by atoms with van der Waals surface area (Å²) in [5.74, 6) is -0.755. The van der Waals surface area contributed by atoms with Crippen LogP contribution in [0.25, 0.3) is 10.4 Å². The van der Waals surface area contributed by atoms with Gasteiger partial charge in [0.1, 0.15) is 0 Å². The van der Waals surface area contributed by atoms with Gasteiger partial charge in [-0.2, -0.15) is 0 Å². The van der Waals surface area contributed by atoms with Crippen LogP contribution in [0.1, 0.15) is 67.5 Å². The molecule has 0 saturated carbocycles. The smallest absolute Gasteiger partial charge is 0.303 e. The molecule has 0 aromatic carbocycles. The first kappa shape index (κ1) is 19.1. The van der Waals surface area contributed by atoms with E-state index in [-0.39, 0.29) is 24.6 Å². The van der Waals surface area contributed by atoms with Gasteiger partial charge in [0.05, 0.1) is 2.74 Å². The number of nitrogens with zero attached hydrogens (tertiary/aromatic N) is 3. The van der Waals surface area contributed by atoms with E-state index in [9.17, 15) is 4.79 Å². The van der Waals surface area contributed by atoms with Crippen molar-refractivity contribution in [1.29, 1.82) is 0 Å². The molecule has 25 heavy (non-hydrogen) atoms. The van der Waals surface area contributed by atoms with Crippen LogP contribution in [0.3, 0.4) is 0 Å². The fourth-order valence-electron chi connectivity index (χ4n) is 2.04.